The van der Waals surface area contributed by atoms with Gasteiger partial charge in [-0.2, -0.15) is 0 Å². The highest BCUT2D eigenvalue weighted by molar-refractivity contribution is 5.92. The molecule has 0 atom stereocenters. The van der Waals surface area contributed by atoms with Crippen molar-refractivity contribution in [3.63, 3.8) is 0 Å². The van der Waals surface area contributed by atoms with Gasteiger partial charge in [0, 0.05) is 19.2 Å². The zero-order valence-corrected chi connectivity index (χ0v) is 12.7. The average molecular weight is 316 g/mol. The molecule has 1 fully saturated rings. The van der Waals surface area contributed by atoms with E-state index in [1.165, 1.54) is 18.3 Å². The molecule has 0 saturated heterocycles. The summed E-state index contributed by atoms with van der Waals surface area (Å²) >= 11 is 0. The maximum Gasteiger partial charge on any atom is 0.270 e. The molecule has 1 aliphatic rings. The number of hydrogen-bond donors (Lipinski definition) is 1. The number of nitrogens with one attached hydrogen (secondary N) is 1. The summed E-state index contributed by atoms with van der Waals surface area (Å²) in [4.78, 5) is 16.1. The van der Waals surface area contributed by atoms with Gasteiger partial charge in [0.25, 0.3) is 5.91 Å². The normalized spacial score (nSPS) is 19.7. The first-order valence-corrected chi connectivity index (χ1v) is 7.37. The molecule has 1 N–H and O–H groups in total. The van der Waals surface area contributed by atoms with E-state index in [0.717, 1.165) is 12.8 Å². The smallest absolute Gasteiger partial charge is 0.270 e. The molecular formula is C17H17FN2O3. The van der Waals surface area contributed by atoms with Gasteiger partial charge in [-0.25, -0.2) is 9.37 Å². The largest absolute Gasteiger partial charge is 0.456 e. The van der Waals surface area contributed by atoms with E-state index in [9.17, 15) is 9.18 Å². The number of hydrogen-bond acceptors (Lipinski definition) is 4. The molecule has 120 valence electrons. The molecule has 0 bridgehead atoms. The van der Waals surface area contributed by atoms with Crippen molar-refractivity contribution in [2.24, 2.45) is 0 Å². The molecule has 1 heterocycles. The summed E-state index contributed by atoms with van der Waals surface area (Å²) < 4.78 is 23.8. The first-order valence-electron chi connectivity index (χ1n) is 7.37. The number of aromatic nitrogens is 1. The predicted molar refractivity (Wildman–Crippen MR) is 82.0 cm³/mol. The van der Waals surface area contributed by atoms with Gasteiger partial charge in [-0.15, -0.1) is 0 Å². The lowest BCUT2D eigenvalue weighted by atomic mass is 9.89. The van der Waals surface area contributed by atoms with E-state index in [-0.39, 0.29) is 23.9 Å². The van der Waals surface area contributed by atoms with Crippen molar-refractivity contribution < 1.29 is 18.7 Å². The number of carbonyl (C=O) groups excluding carboxylic acids is 1. The lowest BCUT2D eigenvalue weighted by Crippen LogP contribution is -2.47. The zero-order valence-electron chi connectivity index (χ0n) is 12.7. The van der Waals surface area contributed by atoms with Crippen LogP contribution in [0.5, 0.6) is 11.5 Å². The highest BCUT2D eigenvalue weighted by Gasteiger charge is 2.30. The maximum atomic E-state index is 13.1. The van der Waals surface area contributed by atoms with Gasteiger partial charge in [0.05, 0.1) is 12.3 Å². The molecule has 1 aromatic carbocycles. The van der Waals surface area contributed by atoms with Gasteiger partial charge < -0.3 is 14.8 Å². The molecule has 23 heavy (non-hydrogen) atoms. The van der Waals surface area contributed by atoms with Crippen molar-refractivity contribution in [2.75, 3.05) is 7.11 Å². The molecule has 0 spiro atoms. The Bertz CT molecular complexity index is 684. The molecule has 2 aromatic rings. The molecule has 5 nitrogen and oxygen atoms in total. The fraction of sp³-hybridized carbons (Fsp3) is 0.294. The van der Waals surface area contributed by atoms with Gasteiger partial charge >= 0.3 is 0 Å². The molecule has 0 radical (unpaired) electrons. The Morgan fingerprint density at radius 1 is 1.26 bits per heavy atom. The summed E-state index contributed by atoms with van der Waals surface area (Å²) in [5.74, 6) is 0.225. The van der Waals surface area contributed by atoms with E-state index in [1.807, 2.05) is 0 Å². The maximum absolute atomic E-state index is 13.1. The molecule has 0 aliphatic heterocycles. The molecular weight excluding hydrogens is 299 g/mol. The minimum Gasteiger partial charge on any atom is -0.456 e. The van der Waals surface area contributed by atoms with Gasteiger partial charge in [0.15, 0.2) is 0 Å². The summed E-state index contributed by atoms with van der Waals surface area (Å²) in [6, 6.07) is 9.18. The van der Waals surface area contributed by atoms with Crippen molar-refractivity contribution in [2.45, 2.75) is 25.0 Å². The number of methoxy groups -OCH3 is 1. The Balaban J connectivity index is 1.57. The molecule has 0 unspecified atom stereocenters. The van der Waals surface area contributed by atoms with Crippen LogP contribution in [0.4, 0.5) is 4.39 Å². The molecule has 1 amide bonds. The molecule has 1 saturated carbocycles. The van der Waals surface area contributed by atoms with Crippen LogP contribution in [0.2, 0.25) is 0 Å². The first-order chi connectivity index (χ1) is 11.1. The van der Waals surface area contributed by atoms with Crippen molar-refractivity contribution >= 4 is 5.91 Å². The van der Waals surface area contributed by atoms with E-state index in [0.29, 0.717) is 17.2 Å². The van der Waals surface area contributed by atoms with Gasteiger partial charge in [0.2, 0.25) is 0 Å². The summed E-state index contributed by atoms with van der Waals surface area (Å²) in [6.45, 7) is 0. The number of amides is 1. The van der Waals surface area contributed by atoms with Crippen LogP contribution in [0.15, 0.2) is 42.6 Å². The van der Waals surface area contributed by atoms with E-state index >= 15 is 0 Å². The quantitative estimate of drug-likeness (QED) is 0.921. The van der Waals surface area contributed by atoms with E-state index in [1.54, 1.807) is 31.4 Å². The highest BCUT2D eigenvalue weighted by atomic mass is 19.1. The molecule has 1 aromatic heterocycles. The fourth-order valence-corrected chi connectivity index (χ4v) is 2.38. The summed E-state index contributed by atoms with van der Waals surface area (Å²) in [6.07, 6.45) is 3.32. The van der Waals surface area contributed by atoms with Crippen molar-refractivity contribution in [3.05, 3.63) is 54.1 Å². The van der Waals surface area contributed by atoms with Gasteiger partial charge in [-0.1, -0.05) is 6.07 Å². The Kier molecular flexibility index (Phi) is 4.52. The number of pyridine rings is 1. The Morgan fingerprint density at radius 3 is 2.74 bits per heavy atom. The lowest BCUT2D eigenvalue weighted by molar-refractivity contribution is 0.0175. The van der Waals surface area contributed by atoms with Gasteiger partial charge in [0.1, 0.15) is 23.0 Å². The van der Waals surface area contributed by atoms with Crippen LogP contribution in [-0.2, 0) is 4.74 Å². The standard InChI is InChI=1S/C17H17FN2O3/c1-22-15-8-12(9-15)20-17(21)16-6-5-14(10-19-16)23-13-4-2-3-11(18)7-13/h2-7,10,12,15H,8-9H2,1H3,(H,20,21). The third-order valence-electron chi connectivity index (χ3n) is 3.76. The zero-order chi connectivity index (χ0) is 16.2. The van der Waals surface area contributed by atoms with E-state index in [4.69, 9.17) is 9.47 Å². The Hall–Kier alpha value is -2.47. The van der Waals surface area contributed by atoms with Crippen LogP contribution in [0, 0.1) is 5.82 Å². The van der Waals surface area contributed by atoms with Gasteiger partial charge in [-0.05, 0) is 37.1 Å². The number of benzene rings is 1. The second-order valence-electron chi connectivity index (χ2n) is 5.44. The fourth-order valence-electron chi connectivity index (χ4n) is 2.38. The minimum absolute atomic E-state index is 0.137. The SMILES string of the molecule is COC1CC(NC(=O)c2ccc(Oc3cccc(F)c3)cn2)C1. The lowest BCUT2D eigenvalue weighted by Gasteiger charge is -2.34. The van der Waals surface area contributed by atoms with Crippen molar-refractivity contribution in [3.8, 4) is 11.5 Å². The second-order valence-corrected chi connectivity index (χ2v) is 5.44. The number of nitrogens with zero attached hydrogens (tertiary/aromatic N) is 1. The van der Waals surface area contributed by atoms with Crippen LogP contribution in [-0.4, -0.2) is 30.1 Å². The molecule has 1 aliphatic carbocycles. The Labute approximate surface area is 133 Å². The van der Waals surface area contributed by atoms with Crippen molar-refractivity contribution in [1.29, 1.82) is 0 Å². The topological polar surface area (TPSA) is 60.5 Å². The third kappa shape index (κ3) is 3.84. The van der Waals surface area contributed by atoms with Crippen LogP contribution < -0.4 is 10.1 Å². The number of rotatable bonds is 5. The summed E-state index contributed by atoms with van der Waals surface area (Å²) in [7, 11) is 1.67. The average Bonchev–Trinajstić information content (AvgIpc) is 2.51. The monoisotopic (exact) mass is 316 g/mol. The van der Waals surface area contributed by atoms with Crippen LogP contribution >= 0.6 is 0 Å². The Morgan fingerprint density at radius 2 is 2.09 bits per heavy atom. The summed E-state index contributed by atoms with van der Waals surface area (Å²) in [5, 5.41) is 2.90. The van der Waals surface area contributed by atoms with Crippen LogP contribution in [0.1, 0.15) is 23.3 Å². The second kappa shape index (κ2) is 6.75. The molecule has 3 rings (SSSR count). The predicted octanol–water partition coefficient (Wildman–Crippen LogP) is 2.92. The number of halogens is 1. The van der Waals surface area contributed by atoms with E-state index in [2.05, 4.69) is 10.3 Å². The minimum atomic E-state index is -0.374. The third-order valence-corrected chi connectivity index (χ3v) is 3.76. The van der Waals surface area contributed by atoms with Crippen LogP contribution in [0.25, 0.3) is 0 Å². The number of ether oxygens (including phenoxy) is 2. The van der Waals surface area contributed by atoms with E-state index < -0.39 is 0 Å². The van der Waals surface area contributed by atoms with Crippen molar-refractivity contribution in [1.82, 2.24) is 10.3 Å². The summed E-state index contributed by atoms with van der Waals surface area (Å²) in [5.41, 5.74) is 0.317. The number of carbonyl (C=O) groups is 1. The van der Waals surface area contributed by atoms with Gasteiger partial charge in [-0.3, -0.25) is 4.79 Å². The highest BCUT2D eigenvalue weighted by Crippen LogP contribution is 2.23. The van der Waals surface area contributed by atoms with Crippen LogP contribution in [0.3, 0.4) is 0 Å². The molecule has 6 heteroatoms. The first kappa shape index (κ1) is 15.4.